The van der Waals surface area contributed by atoms with Crippen LogP contribution in [-0.2, 0) is 25.8 Å². The van der Waals surface area contributed by atoms with Gasteiger partial charge in [0.05, 0.1) is 22.5 Å². The highest BCUT2D eigenvalue weighted by molar-refractivity contribution is 7.12. The van der Waals surface area contributed by atoms with Crippen molar-refractivity contribution in [2.45, 2.75) is 52.2 Å². The molecule has 1 unspecified atom stereocenters. The Morgan fingerprint density at radius 2 is 2.30 bits per heavy atom. The van der Waals surface area contributed by atoms with E-state index in [2.05, 4.69) is 11.2 Å². The number of nitrogens with zero attached hydrogens (tertiary/aromatic N) is 2. The van der Waals surface area contributed by atoms with E-state index in [4.69, 9.17) is 11.6 Å². The second kappa shape index (κ2) is 5.51. The highest BCUT2D eigenvalue weighted by atomic mass is 35.5. The average Bonchev–Trinajstić information content (AvgIpc) is 3.07. The smallest absolute Gasteiger partial charge is 0.0937 e. The Morgan fingerprint density at radius 3 is 3.00 bits per heavy atom. The minimum atomic E-state index is -0.482. The van der Waals surface area contributed by atoms with E-state index in [1.807, 2.05) is 18.5 Å². The number of aliphatic hydroxyl groups is 1. The molecule has 0 saturated carbocycles. The lowest BCUT2D eigenvalue weighted by molar-refractivity contribution is 0.179. The molecule has 1 N–H and O–H groups in total. The number of halogens is 1. The molecular weight excluding hydrogens is 292 g/mol. The molecule has 1 aliphatic carbocycles. The monoisotopic (exact) mass is 310 g/mol. The molecule has 0 aromatic carbocycles. The van der Waals surface area contributed by atoms with Crippen LogP contribution >= 0.6 is 22.9 Å². The van der Waals surface area contributed by atoms with E-state index in [9.17, 15) is 5.11 Å². The molecule has 3 nitrogen and oxygen atoms in total. The number of rotatable bonds is 4. The van der Waals surface area contributed by atoms with Crippen LogP contribution in [0.3, 0.4) is 0 Å². The number of hydrogen-bond acceptors (Lipinski definition) is 3. The van der Waals surface area contributed by atoms with Crippen molar-refractivity contribution >= 4 is 22.9 Å². The van der Waals surface area contributed by atoms with E-state index in [0.29, 0.717) is 11.4 Å². The predicted molar refractivity (Wildman–Crippen MR) is 82.7 cm³/mol. The summed E-state index contributed by atoms with van der Waals surface area (Å²) in [6.07, 6.45) is 3.63. The highest BCUT2D eigenvalue weighted by Gasteiger charge is 2.22. The standard InChI is InChI=1S/C15H19ClN2OS/c1-3-18-11(15(16)9(2)17-18)8-12(19)14-7-10-5-4-6-13(10)20-14/h7,12,19H,3-6,8H2,1-2H3. The minimum Gasteiger partial charge on any atom is -0.387 e. The van der Waals surface area contributed by atoms with Crippen molar-refractivity contribution in [1.82, 2.24) is 9.78 Å². The first-order chi connectivity index (χ1) is 9.60. The molecule has 0 saturated heterocycles. The van der Waals surface area contributed by atoms with Gasteiger partial charge in [0.15, 0.2) is 0 Å². The first-order valence-electron chi connectivity index (χ1n) is 7.11. The summed E-state index contributed by atoms with van der Waals surface area (Å²) in [6.45, 7) is 4.72. The molecule has 2 heterocycles. The lowest BCUT2D eigenvalue weighted by atomic mass is 10.1. The molecule has 2 aromatic rings. The number of thiophene rings is 1. The molecule has 3 rings (SSSR count). The number of fused-ring (bicyclic) bond motifs is 1. The molecule has 0 bridgehead atoms. The maximum absolute atomic E-state index is 10.5. The van der Waals surface area contributed by atoms with E-state index < -0.39 is 6.10 Å². The Bertz CT molecular complexity index is 611. The van der Waals surface area contributed by atoms with Crippen LogP contribution in [-0.4, -0.2) is 14.9 Å². The molecule has 1 aliphatic rings. The summed E-state index contributed by atoms with van der Waals surface area (Å²) in [4.78, 5) is 2.51. The zero-order valence-electron chi connectivity index (χ0n) is 11.8. The first-order valence-corrected chi connectivity index (χ1v) is 8.31. The molecule has 0 spiro atoms. The quantitative estimate of drug-likeness (QED) is 0.935. The van der Waals surface area contributed by atoms with Crippen molar-refractivity contribution in [2.24, 2.45) is 0 Å². The Kier molecular flexibility index (Phi) is 3.89. The zero-order chi connectivity index (χ0) is 14.3. The fraction of sp³-hybridized carbons (Fsp3) is 0.533. The Balaban J connectivity index is 1.83. The number of aromatic nitrogens is 2. The summed E-state index contributed by atoms with van der Waals surface area (Å²) >= 11 is 8.06. The summed E-state index contributed by atoms with van der Waals surface area (Å²) in [5.41, 5.74) is 3.20. The average molecular weight is 311 g/mol. The van der Waals surface area contributed by atoms with E-state index >= 15 is 0 Å². The summed E-state index contributed by atoms with van der Waals surface area (Å²) < 4.78 is 1.89. The fourth-order valence-electron chi connectivity index (χ4n) is 2.86. The van der Waals surface area contributed by atoms with Crippen molar-refractivity contribution in [2.75, 3.05) is 0 Å². The van der Waals surface area contributed by atoms with Gasteiger partial charge in [-0.15, -0.1) is 11.3 Å². The summed E-state index contributed by atoms with van der Waals surface area (Å²) in [5.74, 6) is 0. The van der Waals surface area contributed by atoms with Gasteiger partial charge in [0.25, 0.3) is 0 Å². The van der Waals surface area contributed by atoms with Crippen LogP contribution in [0.15, 0.2) is 6.07 Å². The van der Waals surface area contributed by atoms with Crippen LogP contribution in [0.25, 0.3) is 0 Å². The van der Waals surface area contributed by atoms with Gasteiger partial charge in [-0.3, -0.25) is 4.68 Å². The van der Waals surface area contributed by atoms with Crippen LogP contribution in [0, 0.1) is 6.92 Å². The van der Waals surface area contributed by atoms with Crippen LogP contribution < -0.4 is 0 Å². The molecule has 0 radical (unpaired) electrons. The molecule has 0 amide bonds. The van der Waals surface area contributed by atoms with Gasteiger partial charge in [0, 0.05) is 22.7 Å². The van der Waals surface area contributed by atoms with E-state index in [1.165, 1.54) is 23.3 Å². The second-order valence-electron chi connectivity index (χ2n) is 5.33. The fourth-order valence-corrected chi connectivity index (χ4v) is 4.32. The van der Waals surface area contributed by atoms with E-state index in [-0.39, 0.29) is 0 Å². The van der Waals surface area contributed by atoms with Gasteiger partial charge in [-0.2, -0.15) is 5.10 Å². The largest absolute Gasteiger partial charge is 0.387 e. The second-order valence-corrected chi connectivity index (χ2v) is 6.88. The Hall–Kier alpha value is -0.840. The molecule has 0 fully saturated rings. The molecule has 1 atom stereocenters. The zero-order valence-corrected chi connectivity index (χ0v) is 13.4. The van der Waals surface area contributed by atoms with Gasteiger partial charge in [-0.1, -0.05) is 11.6 Å². The van der Waals surface area contributed by atoms with Crippen molar-refractivity contribution in [3.05, 3.63) is 37.8 Å². The van der Waals surface area contributed by atoms with Crippen LogP contribution in [0.5, 0.6) is 0 Å². The first kappa shape index (κ1) is 14.1. The molecular formula is C15H19ClN2OS. The lowest BCUT2D eigenvalue weighted by Gasteiger charge is -2.10. The lowest BCUT2D eigenvalue weighted by Crippen LogP contribution is -2.08. The van der Waals surface area contributed by atoms with E-state index in [1.54, 1.807) is 11.3 Å². The normalized spacial score (nSPS) is 15.6. The molecule has 108 valence electrons. The van der Waals surface area contributed by atoms with Crippen molar-refractivity contribution in [1.29, 1.82) is 0 Å². The third kappa shape index (κ3) is 2.41. The number of aliphatic hydroxyl groups excluding tert-OH is 1. The van der Waals surface area contributed by atoms with Crippen molar-refractivity contribution in [3.8, 4) is 0 Å². The highest BCUT2D eigenvalue weighted by Crippen LogP contribution is 2.35. The minimum absolute atomic E-state index is 0.482. The molecule has 5 heteroatoms. The Morgan fingerprint density at radius 1 is 1.50 bits per heavy atom. The predicted octanol–water partition coefficient (Wildman–Crippen LogP) is 3.69. The van der Waals surface area contributed by atoms with Gasteiger partial charge in [0.2, 0.25) is 0 Å². The van der Waals surface area contributed by atoms with Gasteiger partial charge >= 0.3 is 0 Å². The summed E-state index contributed by atoms with van der Waals surface area (Å²) in [6, 6.07) is 2.17. The van der Waals surface area contributed by atoms with Gasteiger partial charge in [0.1, 0.15) is 0 Å². The van der Waals surface area contributed by atoms with E-state index in [0.717, 1.165) is 29.2 Å². The van der Waals surface area contributed by atoms with Gasteiger partial charge in [-0.25, -0.2) is 0 Å². The maximum Gasteiger partial charge on any atom is 0.0937 e. The summed E-state index contributed by atoms with van der Waals surface area (Å²) in [5, 5.41) is 15.6. The third-order valence-electron chi connectivity index (χ3n) is 3.93. The molecule has 20 heavy (non-hydrogen) atoms. The third-order valence-corrected chi connectivity index (χ3v) is 5.76. The van der Waals surface area contributed by atoms with Crippen molar-refractivity contribution in [3.63, 3.8) is 0 Å². The Labute approximate surface area is 128 Å². The SMILES string of the molecule is CCn1nc(C)c(Cl)c1CC(O)c1cc2c(s1)CCC2. The number of hydrogen-bond donors (Lipinski definition) is 1. The number of aryl methyl sites for hydroxylation is 4. The van der Waals surface area contributed by atoms with Crippen LogP contribution in [0.1, 0.15) is 46.2 Å². The molecule has 2 aromatic heterocycles. The topological polar surface area (TPSA) is 38.0 Å². The van der Waals surface area contributed by atoms with Crippen molar-refractivity contribution < 1.29 is 5.11 Å². The van der Waals surface area contributed by atoms with Gasteiger partial charge < -0.3 is 5.11 Å². The van der Waals surface area contributed by atoms with Crippen LogP contribution in [0.4, 0.5) is 0 Å². The molecule has 0 aliphatic heterocycles. The van der Waals surface area contributed by atoms with Crippen LogP contribution in [0.2, 0.25) is 5.02 Å². The van der Waals surface area contributed by atoms with Gasteiger partial charge in [-0.05, 0) is 44.7 Å². The maximum atomic E-state index is 10.5. The summed E-state index contributed by atoms with van der Waals surface area (Å²) in [7, 11) is 0.